The number of esters is 1. The van der Waals surface area contributed by atoms with E-state index in [-0.39, 0.29) is 24.1 Å². The van der Waals surface area contributed by atoms with E-state index in [1.165, 1.54) is 17.8 Å². The van der Waals surface area contributed by atoms with Crippen molar-refractivity contribution in [1.82, 2.24) is 15.3 Å². The van der Waals surface area contributed by atoms with Crippen LogP contribution in [0.4, 0.5) is 4.39 Å². The Kier molecular flexibility index (Phi) is 6.36. The van der Waals surface area contributed by atoms with Gasteiger partial charge in [0.2, 0.25) is 5.82 Å². The number of halogens is 1. The van der Waals surface area contributed by atoms with Gasteiger partial charge >= 0.3 is 5.97 Å². The number of aryl methyl sites for hydroxylation is 3. The molecule has 32 heavy (non-hydrogen) atoms. The number of benzene rings is 2. The minimum absolute atomic E-state index is 0.121. The number of carbonyl (C=O) groups excluding carboxylic acids is 1. The number of hydrogen-bond acceptors (Lipinski definition) is 8. The molecule has 0 aliphatic heterocycles. The Morgan fingerprint density at radius 2 is 1.91 bits per heavy atom. The van der Waals surface area contributed by atoms with Crippen LogP contribution >= 0.6 is 11.8 Å². The second-order valence-corrected chi connectivity index (χ2v) is 8.16. The predicted octanol–water partition coefficient (Wildman–Crippen LogP) is 5.44. The Morgan fingerprint density at radius 3 is 2.66 bits per heavy atom. The first-order chi connectivity index (χ1) is 15.4. The summed E-state index contributed by atoms with van der Waals surface area (Å²) in [5.74, 6) is 0.862. The summed E-state index contributed by atoms with van der Waals surface area (Å²) in [6.45, 7) is 5.23. The van der Waals surface area contributed by atoms with Gasteiger partial charge < -0.3 is 13.8 Å². The van der Waals surface area contributed by atoms with Gasteiger partial charge in [-0.2, -0.15) is 4.98 Å². The number of hydrogen-bond donors (Lipinski definition) is 0. The van der Waals surface area contributed by atoms with Crippen LogP contribution in [0.15, 0.2) is 56.4 Å². The highest BCUT2D eigenvalue weighted by molar-refractivity contribution is 7.98. The molecule has 2 aromatic heterocycles. The summed E-state index contributed by atoms with van der Waals surface area (Å²) >= 11 is 1.50. The molecular weight excluding hydrogens is 433 g/mol. The van der Waals surface area contributed by atoms with E-state index in [0.29, 0.717) is 22.4 Å². The third-order valence-corrected chi connectivity index (χ3v) is 5.99. The average Bonchev–Trinajstić information content (AvgIpc) is 3.39. The van der Waals surface area contributed by atoms with E-state index in [1.54, 1.807) is 31.2 Å². The van der Waals surface area contributed by atoms with Gasteiger partial charge in [0, 0.05) is 21.8 Å². The lowest BCUT2D eigenvalue weighted by Crippen LogP contribution is -2.07. The van der Waals surface area contributed by atoms with Crippen molar-refractivity contribution in [2.75, 3.05) is 0 Å². The molecule has 4 aromatic rings. The van der Waals surface area contributed by atoms with Crippen molar-refractivity contribution in [1.29, 1.82) is 0 Å². The Balaban J connectivity index is 1.42. The number of thioether (sulfide) groups is 1. The van der Waals surface area contributed by atoms with E-state index in [4.69, 9.17) is 13.8 Å². The summed E-state index contributed by atoms with van der Waals surface area (Å²) in [4.78, 5) is 17.6. The minimum atomic E-state index is -0.506. The average molecular weight is 453 g/mol. The Bertz CT molecular complexity index is 1250. The molecule has 0 fully saturated rings. The molecular formula is C23H20FN3O4S. The SMILES string of the molecule is Cc1ccc(-c2noc(COC(=O)c3ccccc3SCc3c(C)noc3C)n2)cc1F. The number of ether oxygens (including phenoxy) is 1. The van der Waals surface area contributed by atoms with Crippen LogP contribution in [0.5, 0.6) is 0 Å². The monoisotopic (exact) mass is 453 g/mol. The molecule has 2 aromatic carbocycles. The van der Waals surface area contributed by atoms with Gasteiger partial charge in [-0.1, -0.05) is 34.6 Å². The molecule has 0 spiro atoms. The fraction of sp³-hybridized carbons (Fsp3) is 0.217. The first-order valence-corrected chi connectivity index (χ1v) is 10.8. The van der Waals surface area contributed by atoms with Crippen LogP contribution in [0.3, 0.4) is 0 Å². The zero-order valence-electron chi connectivity index (χ0n) is 17.7. The molecule has 0 N–H and O–H groups in total. The molecule has 0 aliphatic carbocycles. The second-order valence-electron chi connectivity index (χ2n) is 7.14. The fourth-order valence-corrected chi connectivity index (χ4v) is 4.18. The standard InChI is InChI=1S/C23H20FN3O4S/c1-13-8-9-16(10-19(13)24)22-25-21(31-27-22)11-29-23(28)17-6-4-5-7-20(17)32-12-18-14(2)26-30-15(18)3/h4-10H,11-12H2,1-3H3. The highest BCUT2D eigenvalue weighted by Gasteiger charge is 2.17. The zero-order chi connectivity index (χ0) is 22.7. The predicted molar refractivity (Wildman–Crippen MR) is 116 cm³/mol. The van der Waals surface area contributed by atoms with Gasteiger partial charge in [-0.25, -0.2) is 9.18 Å². The summed E-state index contributed by atoms with van der Waals surface area (Å²) in [6, 6.07) is 11.9. The highest BCUT2D eigenvalue weighted by Crippen LogP contribution is 2.29. The molecule has 0 aliphatic rings. The van der Waals surface area contributed by atoms with E-state index < -0.39 is 5.97 Å². The maximum atomic E-state index is 13.8. The van der Waals surface area contributed by atoms with E-state index in [2.05, 4.69) is 15.3 Å². The third-order valence-electron chi connectivity index (χ3n) is 4.89. The lowest BCUT2D eigenvalue weighted by atomic mass is 10.1. The van der Waals surface area contributed by atoms with Crippen LogP contribution in [0.2, 0.25) is 0 Å². The largest absolute Gasteiger partial charge is 0.452 e. The van der Waals surface area contributed by atoms with Crippen molar-refractivity contribution in [3.63, 3.8) is 0 Å². The fourth-order valence-electron chi connectivity index (χ4n) is 2.99. The lowest BCUT2D eigenvalue weighted by molar-refractivity contribution is 0.0425. The highest BCUT2D eigenvalue weighted by atomic mass is 32.2. The number of aromatic nitrogens is 3. The molecule has 4 rings (SSSR count). The Labute approximate surface area is 188 Å². The first-order valence-electron chi connectivity index (χ1n) is 9.82. The van der Waals surface area contributed by atoms with Crippen molar-refractivity contribution >= 4 is 17.7 Å². The summed E-state index contributed by atoms with van der Waals surface area (Å²) in [6.07, 6.45) is 0. The maximum Gasteiger partial charge on any atom is 0.339 e. The van der Waals surface area contributed by atoms with Crippen LogP contribution in [0.25, 0.3) is 11.4 Å². The van der Waals surface area contributed by atoms with Crippen LogP contribution in [0.1, 0.15) is 38.8 Å². The smallest absolute Gasteiger partial charge is 0.339 e. The maximum absolute atomic E-state index is 13.8. The van der Waals surface area contributed by atoms with E-state index >= 15 is 0 Å². The number of carbonyl (C=O) groups is 1. The molecule has 164 valence electrons. The van der Waals surface area contributed by atoms with Gasteiger partial charge in [-0.05, 0) is 44.5 Å². The Hall–Kier alpha value is -3.46. The van der Waals surface area contributed by atoms with Crippen molar-refractivity contribution < 1.29 is 23.0 Å². The molecule has 0 amide bonds. The normalized spacial score (nSPS) is 11.0. The quantitative estimate of drug-likeness (QED) is 0.270. The van der Waals surface area contributed by atoms with Gasteiger partial charge in [0.15, 0.2) is 6.61 Å². The third kappa shape index (κ3) is 4.72. The Morgan fingerprint density at radius 1 is 1.09 bits per heavy atom. The van der Waals surface area contributed by atoms with E-state index in [0.717, 1.165) is 21.9 Å². The topological polar surface area (TPSA) is 91.2 Å². The summed E-state index contributed by atoms with van der Waals surface area (Å²) in [7, 11) is 0. The second kappa shape index (κ2) is 9.35. The molecule has 2 heterocycles. The molecule has 0 saturated carbocycles. The molecule has 0 unspecified atom stereocenters. The van der Waals surface area contributed by atoms with Crippen molar-refractivity contribution in [2.24, 2.45) is 0 Å². The van der Waals surface area contributed by atoms with E-state index in [9.17, 15) is 9.18 Å². The van der Waals surface area contributed by atoms with Crippen LogP contribution in [-0.2, 0) is 17.1 Å². The molecule has 0 radical (unpaired) electrons. The molecule has 7 nitrogen and oxygen atoms in total. The molecule has 0 saturated heterocycles. The van der Waals surface area contributed by atoms with Crippen molar-refractivity contribution in [3.8, 4) is 11.4 Å². The minimum Gasteiger partial charge on any atom is -0.452 e. The van der Waals surface area contributed by atoms with Crippen molar-refractivity contribution in [2.45, 2.75) is 38.0 Å². The zero-order valence-corrected chi connectivity index (χ0v) is 18.5. The molecule has 0 atom stereocenters. The summed E-state index contributed by atoms with van der Waals surface area (Å²) < 4.78 is 29.5. The van der Waals surface area contributed by atoms with Gasteiger partial charge in [0.05, 0.1) is 11.3 Å². The van der Waals surface area contributed by atoms with Gasteiger partial charge in [-0.3, -0.25) is 0 Å². The van der Waals surface area contributed by atoms with Crippen LogP contribution < -0.4 is 0 Å². The number of nitrogens with zero attached hydrogens (tertiary/aromatic N) is 3. The van der Waals surface area contributed by atoms with Gasteiger partial charge in [0.1, 0.15) is 11.6 Å². The molecule has 9 heteroatoms. The molecule has 0 bridgehead atoms. The first kappa shape index (κ1) is 21.8. The summed E-state index contributed by atoms with van der Waals surface area (Å²) in [5, 5.41) is 7.79. The lowest BCUT2D eigenvalue weighted by Gasteiger charge is -2.08. The van der Waals surface area contributed by atoms with Crippen molar-refractivity contribution in [3.05, 3.63) is 82.3 Å². The van der Waals surface area contributed by atoms with Gasteiger partial charge in [0.25, 0.3) is 5.89 Å². The van der Waals surface area contributed by atoms with Crippen LogP contribution in [0, 0.1) is 26.6 Å². The van der Waals surface area contributed by atoms with Crippen LogP contribution in [-0.4, -0.2) is 21.3 Å². The van der Waals surface area contributed by atoms with Gasteiger partial charge in [-0.15, -0.1) is 11.8 Å². The summed E-state index contributed by atoms with van der Waals surface area (Å²) in [5.41, 5.74) is 3.28. The van der Waals surface area contributed by atoms with E-state index in [1.807, 2.05) is 26.0 Å². The number of rotatable bonds is 7.